The Balaban J connectivity index is 1.64. The van der Waals surface area contributed by atoms with E-state index in [1.54, 1.807) is 17.0 Å². The third-order valence-corrected chi connectivity index (χ3v) is 5.46. The summed E-state index contributed by atoms with van der Waals surface area (Å²) in [5.74, 6) is -4.06. The summed E-state index contributed by atoms with van der Waals surface area (Å²) >= 11 is 0. The third-order valence-electron chi connectivity index (χ3n) is 5.46. The SMILES string of the molecule is [2H]CN(C[2H])C(=O)[C@@H]1C[C@H](Oc2cc3c(Nc4ccc(F)c(F)c4F)ncnc3cc2OC)CN1C[2H]. The van der Waals surface area contributed by atoms with Gasteiger partial charge in [0, 0.05) is 42.6 Å². The van der Waals surface area contributed by atoms with E-state index in [0.29, 0.717) is 16.7 Å². The number of aromatic nitrogens is 2. The van der Waals surface area contributed by atoms with E-state index in [1.807, 2.05) is 0 Å². The highest BCUT2D eigenvalue weighted by Crippen LogP contribution is 2.37. The zero-order valence-corrected chi connectivity index (χ0v) is 18.2. The predicted molar refractivity (Wildman–Crippen MR) is 120 cm³/mol. The minimum Gasteiger partial charge on any atom is -0.493 e. The van der Waals surface area contributed by atoms with Gasteiger partial charge in [0.25, 0.3) is 0 Å². The van der Waals surface area contributed by atoms with Gasteiger partial charge >= 0.3 is 0 Å². The zero-order chi connectivity index (χ0) is 26.7. The maximum absolute atomic E-state index is 14.3. The van der Waals surface area contributed by atoms with E-state index in [0.717, 1.165) is 17.0 Å². The van der Waals surface area contributed by atoms with Crippen LogP contribution >= 0.6 is 0 Å². The molecule has 180 valence electrons. The number of ether oxygens (including phenoxy) is 2. The van der Waals surface area contributed by atoms with Crippen molar-refractivity contribution in [3.63, 3.8) is 0 Å². The van der Waals surface area contributed by atoms with E-state index in [4.69, 9.17) is 13.6 Å². The number of nitrogens with zero attached hydrogens (tertiary/aromatic N) is 4. The molecule has 1 aliphatic heterocycles. The Hall–Kier alpha value is -3.60. The molecule has 2 aromatic carbocycles. The van der Waals surface area contributed by atoms with Crippen molar-refractivity contribution in [2.75, 3.05) is 40.0 Å². The molecule has 11 heteroatoms. The van der Waals surface area contributed by atoms with Crippen LogP contribution in [0.15, 0.2) is 30.6 Å². The van der Waals surface area contributed by atoms with Gasteiger partial charge in [-0.3, -0.25) is 9.69 Å². The van der Waals surface area contributed by atoms with Crippen LogP contribution in [0.1, 0.15) is 10.5 Å². The van der Waals surface area contributed by atoms with Crippen LogP contribution in [0, 0.1) is 17.5 Å². The summed E-state index contributed by atoms with van der Waals surface area (Å²) in [5.41, 5.74) is 0.0762. The molecule has 1 aromatic heterocycles. The molecular formula is C23H24F3N5O3. The highest BCUT2D eigenvalue weighted by Gasteiger charge is 2.37. The molecule has 2 atom stereocenters. The molecule has 0 saturated carbocycles. The molecule has 3 aromatic rings. The highest BCUT2D eigenvalue weighted by atomic mass is 19.2. The fraction of sp³-hybridized carbons (Fsp3) is 0.348. The number of benzene rings is 2. The molecule has 1 aliphatic rings. The highest BCUT2D eigenvalue weighted by molar-refractivity contribution is 5.93. The molecule has 1 fully saturated rings. The number of likely N-dealkylation sites (tertiary alicyclic amines) is 1. The van der Waals surface area contributed by atoms with E-state index >= 15 is 0 Å². The van der Waals surface area contributed by atoms with Crippen LogP contribution in [0.3, 0.4) is 0 Å². The summed E-state index contributed by atoms with van der Waals surface area (Å²) in [7, 11) is 0.547. The lowest BCUT2D eigenvalue weighted by molar-refractivity contribution is -0.133. The molecule has 0 unspecified atom stereocenters. The molecule has 1 amide bonds. The molecule has 1 saturated heterocycles. The molecule has 8 nitrogen and oxygen atoms in total. The maximum Gasteiger partial charge on any atom is 0.239 e. The van der Waals surface area contributed by atoms with Crippen molar-refractivity contribution >= 4 is 28.3 Å². The number of hydrogen-bond donors (Lipinski definition) is 1. The van der Waals surface area contributed by atoms with Gasteiger partial charge in [-0.05, 0) is 25.2 Å². The quantitative estimate of drug-likeness (QED) is 0.545. The molecule has 4 rings (SSSR count). The number of anilines is 2. The zero-order valence-electron chi connectivity index (χ0n) is 21.2. The summed E-state index contributed by atoms with van der Waals surface area (Å²) in [6, 6.07) is 4.25. The normalized spacial score (nSPS) is 19.4. The second-order valence-electron chi connectivity index (χ2n) is 7.73. The number of amides is 1. The predicted octanol–water partition coefficient (Wildman–Crippen LogP) is 3.34. The van der Waals surface area contributed by atoms with E-state index in [1.165, 1.54) is 13.4 Å². The molecule has 0 spiro atoms. The Morgan fingerprint density at radius 1 is 1.21 bits per heavy atom. The average Bonchev–Trinajstić information content (AvgIpc) is 3.32. The lowest BCUT2D eigenvalue weighted by Crippen LogP contribution is -2.40. The van der Waals surface area contributed by atoms with Crippen LogP contribution in [-0.2, 0) is 4.79 Å². The Morgan fingerprint density at radius 3 is 2.76 bits per heavy atom. The Morgan fingerprint density at radius 2 is 2.03 bits per heavy atom. The number of fused-ring (bicyclic) bond motifs is 1. The first-order chi connectivity index (χ1) is 17.8. The van der Waals surface area contributed by atoms with Gasteiger partial charge in [-0.15, -0.1) is 0 Å². The molecule has 0 aliphatic carbocycles. The van der Waals surface area contributed by atoms with Crippen LogP contribution in [0.25, 0.3) is 10.9 Å². The first-order valence-electron chi connectivity index (χ1n) is 12.2. The maximum atomic E-state index is 14.3. The molecule has 0 bridgehead atoms. The van der Waals surface area contributed by atoms with Crippen molar-refractivity contribution in [3.8, 4) is 11.5 Å². The first-order valence-corrected chi connectivity index (χ1v) is 10.1. The van der Waals surface area contributed by atoms with E-state index in [9.17, 15) is 18.0 Å². The second kappa shape index (κ2) is 9.34. The monoisotopic (exact) mass is 478 g/mol. The number of rotatable bonds is 6. The van der Waals surface area contributed by atoms with Crippen LogP contribution in [-0.4, -0.2) is 72.5 Å². The van der Waals surface area contributed by atoms with E-state index in [2.05, 4.69) is 15.3 Å². The number of nitrogens with one attached hydrogen (secondary N) is 1. The summed E-state index contributed by atoms with van der Waals surface area (Å²) in [4.78, 5) is 23.7. The van der Waals surface area contributed by atoms with Gasteiger partial charge in [0.05, 0.1) is 24.4 Å². The van der Waals surface area contributed by atoms with E-state index in [-0.39, 0.29) is 51.3 Å². The van der Waals surface area contributed by atoms with Crippen molar-refractivity contribution in [2.45, 2.75) is 18.6 Å². The fourth-order valence-corrected chi connectivity index (χ4v) is 3.76. The summed E-state index contributed by atoms with van der Waals surface area (Å²) in [6.07, 6.45) is 0.923. The second-order valence-corrected chi connectivity index (χ2v) is 7.73. The Bertz CT molecular complexity index is 1300. The average molecular weight is 478 g/mol. The van der Waals surface area contributed by atoms with Crippen LogP contribution in [0.2, 0.25) is 0 Å². The standard InChI is InChI=1S/C23H24F3N5O3/c1-30(2)23(32)17-7-12(10-31(17)3)34-19-8-13-16(9-18(19)33-4)27-11-28-22(13)29-15-6-5-14(24)20(25)21(15)26/h5-6,8-9,11-12,17H,7,10H2,1-4H3,(H,27,28,29)/t12-,17-/m0/s1/i1D,2D,3D. The smallest absolute Gasteiger partial charge is 0.239 e. The van der Waals surface area contributed by atoms with Gasteiger partial charge in [-0.25, -0.2) is 23.1 Å². The van der Waals surface area contributed by atoms with Gasteiger partial charge in [0.15, 0.2) is 29.0 Å². The molecule has 0 radical (unpaired) electrons. The third kappa shape index (κ3) is 4.43. The topological polar surface area (TPSA) is 79.8 Å². The van der Waals surface area contributed by atoms with Crippen molar-refractivity contribution in [3.05, 3.63) is 48.0 Å². The number of likely N-dealkylation sites (N-methyl/N-ethyl adjacent to an activating group) is 2. The van der Waals surface area contributed by atoms with Gasteiger partial charge in [-0.2, -0.15) is 0 Å². The fourth-order valence-electron chi connectivity index (χ4n) is 3.76. The van der Waals surface area contributed by atoms with Crippen molar-refractivity contribution in [1.82, 2.24) is 19.8 Å². The van der Waals surface area contributed by atoms with Crippen LogP contribution in [0.5, 0.6) is 11.5 Å². The molecule has 34 heavy (non-hydrogen) atoms. The minimum atomic E-state index is -1.62. The number of hydrogen-bond acceptors (Lipinski definition) is 7. The summed E-state index contributed by atoms with van der Waals surface area (Å²) in [6.45, 7) is 0.251. The van der Waals surface area contributed by atoms with Gasteiger partial charge in [0.2, 0.25) is 5.91 Å². The summed E-state index contributed by atoms with van der Waals surface area (Å²) < 4.78 is 75.6. The first kappa shape index (κ1) is 19.8. The lowest BCUT2D eigenvalue weighted by atomic mass is 10.1. The number of carbonyl (C=O) groups is 1. The lowest BCUT2D eigenvalue weighted by Gasteiger charge is -2.21. The molecule has 1 N–H and O–H groups in total. The van der Waals surface area contributed by atoms with E-state index < -0.39 is 35.5 Å². The van der Waals surface area contributed by atoms with Gasteiger partial charge < -0.3 is 19.7 Å². The number of methoxy groups -OCH3 is 1. The largest absolute Gasteiger partial charge is 0.493 e. The van der Waals surface area contributed by atoms with Crippen molar-refractivity contribution in [1.29, 1.82) is 0 Å². The summed E-state index contributed by atoms with van der Waals surface area (Å²) in [5, 5.41) is 3.03. The van der Waals surface area contributed by atoms with Crippen molar-refractivity contribution < 1.29 is 31.6 Å². The Kier molecular flexibility index (Phi) is 5.45. The van der Waals surface area contributed by atoms with Gasteiger partial charge in [-0.1, -0.05) is 0 Å². The van der Waals surface area contributed by atoms with Gasteiger partial charge in [0.1, 0.15) is 18.2 Å². The van der Waals surface area contributed by atoms with Crippen molar-refractivity contribution in [2.24, 2.45) is 0 Å². The van der Waals surface area contributed by atoms with Crippen LogP contribution < -0.4 is 14.8 Å². The molecule has 2 heterocycles. The number of halogens is 3. The Labute approximate surface area is 198 Å². The number of carbonyl (C=O) groups excluding carboxylic acids is 1. The molecular weight excluding hydrogens is 451 g/mol. The van der Waals surface area contributed by atoms with Crippen LogP contribution in [0.4, 0.5) is 24.7 Å². The minimum absolute atomic E-state index is 0.108.